The first-order valence-corrected chi connectivity index (χ1v) is 12.2. The predicted octanol–water partition coefficient (Wildman–Crippen LogP) is 8.68. The minimum Gasteiger partial charge on any atom is -0.451 e. The van der Waals surface area contributed by atoms with Gasteiger partial charge in [0.15, 0.2) is 11.3 Å². The normalized spacial score (nSPS) is 11.2. The van der Waals surface area contributed by atoms with E-state index in [2.05, 4.69) is 48.8 Å². The van der Waals surface area contributed by atoms with Crippen LogP contribution in [0.1, 0.15) is 10.6 Å². The average molecular weight is 654 g/mol. The van der Waals surface area contributed by atoms with Crippen molar-refractivity contribution in [1.82, 2.24) is 4.98 Å². The zero-order valence-corrected chi connectivity index (χ0v) is 21.8. The summed E-state index contributed by atoms with van der Waals surface area (Å²) in [5.41, 5.74) is 3.27. The second-order valence-electron chi connectivity index (χ2n) is 7.07. The number of hydrogen-bond acceptors (Lipinski definition) is 4. The molecule has 1 amide bonds. The highest BCUT2D eigenvalue weighted by atomic mass is 127. The highest BCUT2D eigenvalue weighted by molar-refractivity contribution is 14.1. The largest absolute Gasteiger partial charge is 0.451 e. The Kier molecular flexibility index (Phi) is 6.22. The van der Waals surface area contributed by atoms with Crippen molar-refractivity contribution in [3.8, 4) is 22.8 Å². The van der Waals surface area contributed by atoms with Crippen LogP contribution in [0, 0.1) is 3.57 Å². The van der Waals surface area contributed by atoms with Crippen LogP contribution in [0.3, 0.4) is 0 Å². The van der Waals surface area contributed by atoms with Crippen molar-refractivity contribution < 1.29 is 13.6 Å². The molecule has 0 aliphatic rings. The van der Waals surface area contributed by atoms with E-state index in [1.54, 1.807) is 48.5 Å². The summed E-state index contributed by atoms with van der Waals surface area (Å²) in [6, 6.07) is 19.5. The Morgan fingerprint density at radius 3 is 2.64 bits per heavy atom. The SMILES string of the molecule is O=C(Nc1ccc2oc(-c3cc(I)ccc3Br)nc2c1)c1ccc(-c2cc(Cl)ccc2Cl)o1. The van der Waals surface area contributed by atoms with Gasteiger partial charge >= 0.3 is 0 Å². The number of carbonyl (C=O) groups excluding carboxylic acids is 1. The van der Waals surface area contributed by atoms with Crippen molar-refractivity contribution in [1.29, 1.82) is 0 Å². The topological polar surface area (TPSA) is 68.3 Å². The van der Waals surface area contributed by atoms with Gasteiger partial charge in [-0.25, -0.2) is 4.98 Å². The van der Waals surface area contributed by atoms with E-state index < -0.39 is 5.91 Å². The number of benzene rings is 3. The highest BCUT2D eigenvalue weighted by Gasteiger charge is 2.16. The Hall–Kier alpha value is -2.33. The van der Waals surface area contributed by atoms with E-state index in [9.17, 15) is 4.79 Å². The van der Waals surface area contributed by atoms with Crippen molar-refractivity contribution in [3.05, 3.63) is 90.6 Å². The summed E-state index contributed by atoms with van der Waals surface area (Å²) < 4.78 is 13.6. The van der Waals surface area contributed by atoms with E-state index in [0.717, 1.165) is 13.6 Å². The number of halogens is 4. The second kappa shape index (κ2) is 9.13. The molecular weight excluding hydrogens is 642 g/mol. The lowest BCUT2D eigenvalue weighted by Crippen LogP contribution is -2.10. The first kappa shape index (κ1) is 22.5. The molecule has 2 aromatic heterocycles. The molecule has 9 heteroatoms. The number of fused-ring (bicyclic) bond motifs is 1. The van der Waals surface area contributed by atoms with Gasteiger partial charge in [-0.05, 0) is 105 Å². The number of amides is 1. The van der Waals surface area contributed by atoms with Crippen LogP contribution in [0.5, 0.6) is 0 Å². The van der Waals surface area contributed by atoms with Crippen molar-refractivity contribution in [2.75, 3.05) is 5.32 Å². The van der Waals surface area contributed by atoms with Crippen LogP contribution in [-0.4, -0.2) is 10.9 Å². The summed E-state index contributed by atoms with van der Waals surface area (Å²) in [6.07, 6.45) is 0. The van der Waals surface area contributed by atoms with E-state index in [0.29, 0.717) is 44.0 Å². The molecule has 5 aromatic rings. The molecule has 0 unspecified atom stereocenters. The quantitative estimate of drug-likeness (QED) is 0.197. The third-order valence-corrected chi connectivity index (χ3v) is 6.76. The number of anilines is 1. The smallest absolute Gasteiger partial charge is 0.291 e. The molecule has 0 saturated carbocycles. The zero-order chi connectivity index (χ0) is 23.1. The third-order valence-electron chi connectivity index (χ3n) is 4.83. The van der Waals surface area contributed by atoms with Crippen LogP contribution < -0.4 is 5.32 Å². The molecule has 33 heavy (non-hydrogen) atoms. The van der Waals surface area contributed by atoms with Gasteiger partial charge in [0.05, 0.1) is 10.6 Å². The van der Waals surface area contributed by atoms with Crippen molar-refractivity contribution in [3.63, 3.8) is 0 Å². The number of furan rings is 1. The minimum atomic E-state index is -0.400. The molecular formula is C24H12BrCl2IN2O3. The van der Waals surface area contributed by atoms with Crippen LogP contribution in [-0.2, 0) is 0 Å². The maximum Gasteiger partial charge on any atom is 0.291 e. The molecule has 1 N–H and O–H groups in total. The molecule has 0 aliphatic carbocycles. The fourth-order valence-corrected chi connectivity index (χ4v) is 4.56. The standard InChI is InChI=1S/C24H12BrCl2IN2O3/c25-17-4-2-13(28)10-15(17)24-30-19-11-14(3-6-21(19)33-24)29-23(31)22-8-7-20(32-22)16-9-12(26)1-5-18(16)27/h1-11H,(H,29,31). The maximum atomic E-state index is 12.7. The first-order valence-electron chi connectivity index (χ1n) is 9.60. The fourth-order valence-electron chi connectivity index (χ4n) is 3.27. The Morgan fingerprint density at radius 2 is 1.79 bits per heavy atom. The van der Waals surface area contributed by atoms with Crippen molar-refractivity contribution in [2.24, 2.45) is 0 Å². The van der Waals surface area contributed by atoms with Crippen molar-refractivity contribution >= 4 is 84.4 Å². The number of nitrogens with one attached hydrogen (secondary N) is 1. The average Bonchev–Trinajstić information content (AvgIpc) is 3.44. The molecule has 0 bridgehead atoms. The molecule has 0 radical (unpaired) electrons. The van der Waals surface area contributed by atoms with E-state index >= 15 is 0 Å². The van der Waals surface area contributed by atoms with E-state index in [1.165, 1.54) is 0 Å². The lowest BCUT2D eigenvalue weighted by atomic mass is 10.2. The molecule has 2 heterocycles. The summed E-state index contributed by atoms with van der Waals surface area (Å²) in [5.74, 6) is 0.688. The summed E-state index contributed by atoms with van der Waals surface area (Å²) in [4.78, 5) is 17.3. The van der Waals surface area contributed by atoms with Gasteiger partial charge in [0.1, 0.15) is 11.3 Å². The number of hydrogen-bond donors (Lipinski definition) is 1. The molecule has 0 aliphatic heterocycles. The number of carbonyl (C=O) groups is 1. The first-order chi connectivity index (χ1) is 15.9. The fraction of sp³-hybridized carbons (Fsp3) is 0. The molecule has 0 spiro atoms. The minimum absolute atomic E-state index is 0.143. The Morgan fingerprint density at radius 1 is 0.939 bits per heavy atom. The molecule has 0 saturated heterocycles. The summed E-state index contributed by atoms with van der Waals surface area (Å²) in [5, 5.41) is 3.83. The Bertz CT molecular complexity index is 1530. The third kappa shape index (κ3) is 4.68. The number of aromatic nitrogens is 1. The summed E-state index contributed by atoms with van der Waals surface area (Å²) in [7, 11) is 0. The van der Waals surface area contributed by atoms with Gasteiger partial charge in [-0.15, -0.1) is 0 Å². The maximum absolute atomic E-state index is 12.7. The number of nitrogens with zero attached hydrogens (tertiary/aromatic N) is 1. The van der Waals surface area contributed by atoms with E-state index in [4.69, 9.17) is 32.0 Å². The van der Waals surface area contributed by atoms with Gasteiger partial charge in [-0.1, -0.05) is 23.2 Å². The molecule has 164 valence electrons. The van der Waals surface area contributed by atoms with Crippen molar-refractivity contribution in [2.45, 2.75) is 0 Å². The number of oxazole rings is 1. The van der Waals surface area contributed by atoms with Gasteiger partial charge < -0.3 is 14.2 Å². The zero-order valence-electron chi connectivity index (χ0n) is 16.5. The lowest BCUT2D eigenvalue weighted by molar-refractivity contribution is 0.0997. The van der Waals surface area contributed by atoms with Crippen LogP contribution >= 0.6 is 61.7 Å². The highest BCUT2D eigenvalue weighted by Crippen LogP contribution is 2.34. The van der Waals surface area contributed by atoms with Gasteiger partial charge in [0.2, 0.25) is 5.89 Å². The molecule has 0 fully saturated rings. The van der Waals surface area contributed by atoms with Crippen LogP contribution in [0.15, 0.2) is 80.0 Å². The Labute approximate surface area is 220 Å². The molecule has 5 nitrogen and oxygen atoms in total. The predicted molar refractivity (Wildman–Crippen MR) is 142 cm³/mol. The Balaban J connectivity index is 1.39. The monoisotopic (exact) mass is 652 g/mol. The summed E-state index contributed by atoms with van der Waals surface area (Å²) in [6.45, 7) is 0. The number of rotatable bonds is 4. The van der Waals surface area contributed by atoms with Crippen LogP contribution in [0.2, 0.25) is 10.0 Å². The lowest BCUT2D eigenvalue weighted by Gasteiger charge is -2.03. The van der Waals surface area contributed by atoms with Gasteiger partial charge in [0, 0.05) is 24.3 Å². The molecule has 3 aromatic carbocycles. The van der Waals surface area contributed by atoms with E-state index in [1.807, 2.05) is 18.2 Å². The molecule has 0 atom stereocenters. The van der Waals surface area contributed by atoms with Gasteiger partial charge in [-0.2, -0.15) is 0 Å². The van der Waals surface area contributed by atoms with Crippen LogP contribution in [0.4, 0.5) is 5.69 Å². The van der Waals surface area contributed by atoms with Crippen LogP contribution in [0.25, 0.3) is 33.9 Å². The van der Waals surface area contributed by atoms with E-state index in [-0.39, 0.29) is 5.76 Å². The second-order valence-corrected chi connectivity index (χ2v) is 10.0. The van der Waals surface area contributed by atoms with Gasteiger partial charge in [0.25, 0.3) is 5.91 Å². The van der Waals surface area contributed by atoms with Gasteiger partial charge in [-0.3, -0.25) is 4.79 Å². The molecule has 5 rings (SSSR count). The summed E-state index contributed by atoms with van der Waals surface area (Å²) >= 11 is 18.1.